The number of rotatable bonds is 2. The fraction of sp³-hybridized carbons (Fsp3) is 0.100. The quantitative estimate of drug-likeness (QED) is 0.819. The summed E-state index contributed by atoms with van der Waals surface area (Å²) in [6.07, 6.45) is 1.40. The highest BCUT2D eigenvalue weighted by molar-refractivity contribution is 7.13. The first kappa shape index (κ1) is 11.8. The van der Waals surface area contributed by atoms with E-state index >= 15 is 0 Å². The van der Waals surface area contributed by atoms with E-state index in [1.807, 2.05) is 12.3 Å². The predicted octanol–water partition coefficient (Wildman–Crippen LogP) is 2.33. The molecular weight excluding hydrogens is 260 g/mol. The predicted molar refractivity (Wildman–Crippen MR) is 68.5 cm³/mol. The lowest BCUT2D eigenvalue weighted by molar-refractivity contribution is 0.102. The average molecular weight is 269 g/mol. The molecule has 0 aliphatic carbocycles. The second kappa shape index (κ2) is 4.68. The lowest BCUT2D eigenvalue weighted by Crippen LogP contribution is -2.13. The lowest BCUT2D eigenvalue weighted by Gasteiger charge is -2.04. The van der Waals surface area contributed by atoms with Crippen molar-refractivity contribution < 1.29 is 4.79 Å². The number of nitrogens with one attached hydrogen (secondary N) is 1. The number of hydrogen-bond acceptors (Lipinski definition) is 5. The number of carbonyl (C=O) groups is 1. The molecule has 0 radical (unpaired) electrons. The van der Waals surface area contributed by atoms with Gasteiger partial charge in [0.15, 0.2) is 5.13 Å². The van der Waals surface area contributed by atoms with Gasteiger partial charge in [-0.15, -0.1) is 11.3 Å². The number of nitrogens with two attached hydrogens (primary N) is 1. The number of pyridine rings is 1. The number of thiazole rings is 1. The van der Waals surface area contributed by atoms with E-state index in [2.05, 4.69) is 15.3 Å². The minimum absolute atomic E-state index is 0.116. The molecule has 1 amide bonds. The van der Waals surface area contributed by atoms with Gasteiger partial charge in [-0.05, 0) is 13.0 Å². The Hall–Kier alpha value is -1.66. The average Bonchev–Trinajstić information content (AvgIpc) is 2.67. The second-order valence-corrected chi connectivity index (χ2v) is 4.57. The van der Waals surface area contributed by atoms with Gasteiger partial charge in [0.25, 0.3) is 5.91 Å². The molecule has 2 aromatic rings. The Morgan fingerprint density at radius 3 is 3.00 bits per heavy atom. The Kier molecular flexibility index (Phi) is 3.26. The molecule has 3 N–H and O–H groups in total. The largest absolute Gasteiger partial charge is 0.397 e. The van der Waals surface area contributed by atoms with Gasteiger partial charge in [0.1, 0.15) is 5.15 Å². The van der Waals surface area contributed by atoms with E-state index in [4.69, 9.17) is 17.3 Å². The summed E-state index contributed by atoms with van der Waals surface area (Å²) in [7, 11) is 0. The summed E-state index contributed by atoms with van der Waals surface area (Å²) < 4.78 is 0. The Morgan fingerprint density at radius 1 is 1.59 bits per heavy atom. The monoisotopic (exact) mass is 268 g/mol. The molecule has 0 spiro atoms. The van der Waals surface area contributed by atoms with Crippen molar-refractivity contribution in [2.24, 2.45) is 0 Å². The molecule has 5 nitrogen and oxygen atoms in total. The third kappa shape index (κ3) is 2.72. The van der Waals surface area contributed by atoms with E-state index < -0.39 is 0 Å². The van der Waals surface area contributed by atoms with E-state index in [0.29, 0.717) is 10.8 Å². The molecule has 0 aliphatic rings. The van der Waals surface area contributed by atoms with E-state index in [0.717, 1.165) is 5.69 Å². The zero-order valence-corrected chi connectivity index (χ0v) is 10.5. The van der Waals surface area contributed by atoms with Crippen LogP contribution in [0.1, 0.15) is 16.1 Å². The smallest absolute Gasteiger partial charge is 0.260 e. The molecule has 0 atom stereocenters. The first-order valence-corrected chi connectivity index (χ1v) is 5.96. The zero-order valence-electron chi connectivity index (χ0n) is 8.90. The number of carbonyl (C=O) groups excluding carboxylic acids is 1. The van der Waals surface area contributed by atoms with Crippen molar-refractivity contribution >= 4 is 39.7 Å². The van der Waals surface area contributed by atoms with Gasteiger partial charge in [-0.3, -0.25) is 10.1 Å². The van der Waals surface area contributed by atoms with E-state index in [9.17, 15) is 4.79 Å². The number of nitrogen functional groups attached to an aromatic ring is 1. The SMILES string of the molecule is Cc1csc(NC(=O)c2cc(N)cnc2Cl)n1. The van der Waals surface area contributed by atoms with Crippen molar-refractivity contribution in [2.45, 2.75) is 6.92 Å². The summed E-state index contributed by atoms with van der Waals surface area (Å²) in [5, 5.41) is 5.11. The topological polar surface area (TPSA) is 80.9 Å². The second-order valence-electron chi connectivity index (χ2n) is 3.36. The third-order valence-corrected chi connectivity index (χ3v) is 3.12. The maximum Gasteiger partial charge on any atom is 0.260 e. The number of aryl methyl sites for hydroxylation is 1. The Morgan fingerprint density at radius 2 is 2.35 bits per heavy atom. The van der Waals surface area contributed by atoms with Crippen LogP contribution in [0.15, 0.2) is 17.6 Å². The van der Waals surface area contributed by atoms with Gasteiger partial charge < -0.3 is 5.73 Å². The molecule has 0 bridgehead atoms. The molecule has 0 aliphatic heterocycles. The first-order chi connectivity index (χ1) is 8.06. The van der Waals surface area contributed by atoms with Crippen LogP contribution in [0.3, 0.4) is 0 Å². The highest BCUT2D eigenvalue weighted by Crippen LogP contribution is 2.19. The van der Waals surface area contributed by atoms with Gasteiger partial charge >= 0.3 is 0 Å². The number of nitrogens with zero attached hydrogens (tertiary/aromatic N) is 2. The first-order valence-electron chi connectivity index (χ1n) is 4.71. The minimum atomic E-state index is -0.371. The summed E-state index contributed by atoms with van der Waals surface area (Å²) in [5.74, 6) is -0.371. The fourth-order valence-electron chi connectivity index (χ4n) is 1.20. The van der Waals surface area contributed by atoms with Gasteiger partial charge in [0.2, 0.25) is 0 Å². The van der Waals surface area contributed by atoms with Crippen molar-refractivity contribution in [3.8, 4) is 0 Å². The molecule has 0 saturated carbocycles. The number of hydrogen-bond donors (Lipinski definition) is 2. The molecule has 7 heteroatoms. The van der Waals surface area contributed by atoms with Crippen molar-refractivity contribution in [2.75, 3.05) is 11.1 Å². The van der Waals surface area contributed by atoms with Crippen LogP contribution in [0.25, 0.3) is 0 Å². The Balaban J connectivity index is 2.22. The fourth-order valence-corrected chi connectivity index (χ4v) is 2.07. The summed E-state index contributed by atoms with van der Waals surface area (Å²) in [5.41, 5.74) is 7.02. The summed E-state index contributed by atoms with van der Waals surface area (Å²) in [6, 6.07) is 1.48. The maximum atomic E-state index is 11.9. The van der Waals surface area contributed by atoms with E-state index in [-0.39, 0.29) is 16.6 Å². The summed E-state index contributed by atoms with van der Waals surface area (Å²) in [6.45, 7) is 1.85. The standard InChI is InChI=1S/C10H9ClN4OS/c1-5-4-17-10(14-5)15-9(16)7-2-6(12)3-13-8(7)11/h2-4H,12H2,1H3,(H,14,15,16). The third-order valence-electron chi connectivity index (χ3n) is 1.94. The summed E-state index contributed by atoms with van der Waals surface area (Å²) in [4.78, 5) is 19.8. The van der Waals surface area contributed by atoms with Gasteiger partial charge in [0, 0.05) is 5.38 Å². The molecule has 0 aromatic carbocycles. The van der Waals surface area contributed by atoms with Gasteiger partial charge in [-0.25, -0.2) is 9.97 Å². The summed E-state index contributed by atoms with van der Waals surface area (Å²) >= 11 is 7.16. The van der Waals surface area contributed by atoms with Crippen molar-refractivity contribution in [3.05, 3.63) is 34.1 Å². The van der Waals surface area contributed by atoms with E-state index in [1.54, 1.807) is 0 Å². The maximum absolute atomic E-state index is 11.9. The lowest BCUT2D eigenvalue weighted by atomic mass is 10.2. The Labute approximate surface area is 107 Å². The van der Waals surface area contributed by atoms with Crippen LogP contribution in [-0.4, -0.2) is 15.9 Å². The zero-order chi connectivity index (χ0) is 12.4. The minimum Gasteiger partial charge on any atom is -0.397 e. The van der Waals surface area contributed by atoms with Gasteiger partial charge in [0.05, 0.1) is 23.1 Å². The van der Waals surface area contributed by atoms with Crippen molar-refractivity contribution in [1.29, 1.82) is 0 Å². The molecular formula is C10H9ClN4OS. The normalized spacial score (nSPS) is 10.2. The molecule has 2 aromatic heterocycles. The number of anilines is 2. The van der Waals surface area contributed by atoms with Gasteiger partial charge in [-0.1, -0.05) is 11.6 Å². The van der Waals surface area contributed by atoms with Crippen LogP contribution in [0, 0.1) is 6.92 Å². The molecule has 0 fully saturated rings. The molecule has 0 saturated heterocycles. The highest BCUT2D eigenvalue weighted by atomic mass is 35.5. The van der Waals surface area contributed by atoms with Gasteiger partial charge in [-0.2, -0.15) is 0 Å². The van der Waals surface area contributed by atoms with Crippen LogP contribution in [-0.2, 0) is 0 Å². The number of aromatic nitrogens is 2. The van der Waals surface area contributed by atoms with Crippen molar-refractivity contribution in [3.63, 3.8) is 0 Å². The van der Waals surface area contributed by atoms with Crippen LogP contribution in [0.5, 0.6) is 0 Å². The Bertz CT molecular complexity index is 569. The number of halogens is 1. The molecule has 17 heavy (non-hydrogen) atoms. The number of amides is 1. The highest BCUT2D eigenvalue weighted by Gasteiger charge is 2.13. The van der Waals surface area contributed by atoms with Crippen LogP contribution >= 0.6 is 22.9 Å². The molecule has 0 unspecified atom stereocenters. The molecule has 2 rings (SSSR count). The molecule has 2 heterocycles. The van der Waals surface area contributed by atoms with Crippen LogP contribution in [0.2, 0.25) is 5.15 Å². The van der Waals surface area contributed by atoms with Crippen LogP contribution < -0.4 is 11.1 Å². The van der Waals surface area contributed by atoms with E-state index in [1.165, 1.54) is 23.6 Å². The van der Waals surface area contributed by atoms with Crippen molar-refractivity contribution in [1.82, 2.24) is 9.97 Å². The molecule has 88 valence electrons. The van der Waals surface area contributed by atoms with Crippen LogP contribution in [0.4, 0.5) is 10.8 Å².